The van der Waals surface area contributed by atoms with Crippen LogP contribution in [0.4, 0.5) is 0 Å². The normalized spacial score (nSPS) is 11.9. The average Bonchev–Trinajstić information content (AvgIpc) is 3.21. The second kappa shape index (κ2) is 6.89. The Kier molecular flexibility index (Phi) is 4.79. The highest BCUT2D eigenvalue weighted by Crippen LogP contribution is 2.25. The van der Waals surface area contributed by atoms with Crippen molar-refractivity contribution >= 4 is 10.0 Å². The lowest BCUT2D eigenvalue weighted by atomic mass is 10.2. The van der Waals surface area contributed by atoms with Crippen LogP contribution >= 0.6 is 0 Å². The van der Waals surface area contributed by atoms with Crippen LogP contribution in [0.1, 0.15) is 17.3 Å². The van der Waals surface area contributed by atoms with Crippen molar-refractivity contribution in [1.29, 1.82) is 0 Å². The molecule has 0 aliphatic heterocycles. The molecule has 26 heavy (non-hydrogen) atoms. The number of nitrogens with zero attached hydrogens (tertiary/aromatic N) is 4. The first-order valence-electron chi connectivity index (χ1n) is 7.69. The van der Waals surface area contributed by atoms with Crippen LogP contribution in [0.5, 0.6) is 5.75 Å². The van der Waals surface area contributed by atoms with Crippen LogP contribution in [-0.4, -0.2) is 42.2 Å². The van der Waals surface area contributed by atoms with Crippen LogP contribution in [0, 0.1) is 13.8 Å². The Morgan fingerprint density at radius 2 is 1.85 bits per heavy atom. The Balaban J connectivity index is 1.80. The van der Waals surface area contributed by atoms with Gasteiger partial charge in [-0.3, -0.25) is 0 Å². The number of sulfonamides is 1. The van der Waals surface area contributed by atoms with Crippen molar-refractivity contribution < 1.29 is 22.1 Å². The molecule has 10 heteroatoms. The van der Waals surface area contributed by atoms with E-state index < -0.39 is 10.0 Å². The van der Waals surface area contributed by atoms with Gasteiger partial charge in [-0.25, -0.2) is 8.42 Å². The molecular weight excluding hydrogens is 360 g/mol. The standard InChI is InChI=1S/C16H18N4O5S/c1-10-15(11(2)25-19-10)26(21,22)20(3)9-14-17-18-16(24-14)12-5-7-13(23-4)8-6-12/h5-8H,9H2,1-4H3. The van der Waals surface area contributed by atoms with Gasteiger partial charge < -0.3 is 13.7 Å². The number of methoxy groups -OCH3 is 1. The highest BCUT2D eigenvalue weighted by atomic mass is 32.2. The first kappa shape index (κ1) is 18.1. The Bertz CT molecular complexity index is 988. The number of hydrogen-bond donors (Lipinski definition) is 0. The first-order valence-corrected chi connectivity index (χ1v) is 9.13. The number of aromatic nitrogens is 3. The second-order valence-electron chi connectivity index (χ2n) is 5.64. The fourth-order valence-electron chi connectivity index (χ4n) is 2.44. The lowest BCUT2D eigenvalue weighted by Gasteiger charge is -2.14. The van der Waals surface area contributed by atoms with E-state index in [9.17, 15) is 8.42 Å². The van der Waals surface area contributed by atoms with E-state index in [1.54, 1.807) is 45.2 Å². The van der Waals surface area contributed by atoms with E-state index in [0.717, 1.165) is 4.31 Å². The number of benzene rings is 1. The fraction of sp³-hybridized carbons (Fsp3) is 0.312. The van der Waals surface area contributed by atoms with Crippen molar-refractivity contribution in [1.82, 2.24) is 19.7 Å². The lowest BCUT2D eigenvalue weighted by Crippen LogP contribution is -2.27. The highest BCUT2D eigenvalue weighted by molar-refractivity contribution is 7.89. The lowest BCUT2D eigenvalue weighted by molar-refractivity contribution is 0.386. The first-order chi connectivity index (χ1) is 12.3. The molecule has 138 valence electrons. The van der Waals surface area contributed by atoms with E-state index in [1.807, 2.05) is 0 Å². The van der Waals surface area contributed by atoms with Gasteiger partial charge in [0, 0.05) is 12.6 Å². The van der Waals surface area contributed by atoms with Gasteiger partial charge in [0.25, 0.3) is 0 Å². The molecule has 0 fully saturated rings. The molecule has 0 aliphatic carbocycles. The van der Waals surface area contributed by atoms with Gasteiger partial charge in [0.05, 0.1) is 13.7 Å². The maximum Gasteiger partial charge on any atom is 0.248 e. The van der Waals surface area contributed by atoms with Crippen molar-refractivity contribution in [2.24, 2.45) is 0 Å². The summed E-state index contributed by atoms with van der Waals surface area (Å²) in [5.74, 6) is 1.41. The molecular formula is C16H18N4O5S. The summed E-state index contributed by atoms with van der Waals surface area (Å²) in [5.41, 5.74) is 1.01. The van der Waals surface area contributed by atoms with Crippen molar-refractivity contribution in [3.8, 4) is 17.2 Å². The average molecular weight is 378 g/mol. The van der Waals surface area contributed by atoms with E-state index in [1.165, 1.54) is 7.05 Å². The van der Waals surface area contributed by atoms with E-state index in [-0.39, 0.29) is 23.1 Å². The van der Waals surface area contributed by atoms with Crippen LogP contribution in [0.2, 0.25) is 0 Å². The number of rotatable bonds is 6. The van der Waals surface area contributed by atoms with E-state index in [0.29, 0.717) is 22.9 Å². The third kappa shape index (κ3) is 3.33. The minimum absolute atomic E-state index is 0.0508. The summed E-state index contributed by atoms with van der Waals surface area (Å²) in [7, 11) is -0.779. The molecule has 1 aromatic carbocycles. The zero-order valence-corrected chi connectivity index (χ0v) is 15.6. The summed E-state index contributed by atoms with van der Waals surface area (Å²) >= 11 is 0. The topological polar surface area (TPSA) is 112 Å². The molecule has 0 bridgehead atoms. The number of ether oxygens (including phenoxy) is 1. The summed E-state index contributed by atoms with van der Waals surface area (Å²) in [5, 5.41) is 11.6. The SMILES string of the molecule is COc1ccc(-c2nnc(CN(C)S(=O)(=O)c3c(C)noc3C)o2)cc1. The van der Waals surface area contributed by atoms with Crippen LogP contribution in [0.15, 0.2) is 38.1 Å². The molecule has 0 spiro atoms. The molecule has 0 aliphatic rings. The van der Waals surface area contributed by atoms with Gasteiger partial charge in [-0.2, -0.15) is 4.31 Å². The minimum Gasteiger partial charge on any atom is -0.497 e. The van der Waals surface area contributed by atoms with Gasteiger partial charge >= 0.3 is 0 Å². The van der Waals surface area contributed by atoms with Crippen LogP contribution in [0.25, 0.3) is 11.5 Å². The summed E-state index contributed by atoms with van der Waals surface area (Å²) in [4.78, 5) is 0.0508. The zero-order valence-electron chi connectivity index (χ0n) is 14.8. The Morgan fingerprint density at radius 3 is 2.42 bits per heavy atom. The van der Waals surface area contributed by atoms with E-state index in [4.69, 9.17) is 13.7 Å². The monoisotopic (exact) mass is 378 g/mol. The van der Waals surface area contributed by atoms with Crippen molar-refractivity contribution in [2.45, 2.75) is 25.3 Å². The van der Waals surface area contributed by atoms with Crippen LogP contribution in [-0.2, 0) is 16.6 Å². The van der Waals surface area contributed by atoms with E-state index >= 15 is 0 Å². The molecule has 0 saturated carbocycles. The molecule has 3 aromatic rings. The molecule has 0 unspecified atom stereocenters. The summed E-state index contributed by atoms with van der Waals surface area (Å²) in [6.07, 6.45) is 0. The van der Waals surface area contributed by atoms with Crippen molar-refractivity contribution in [2.75, 3.05) is 14.2 Å². The molecule has 2 heterocycles. The van der Waals surface area contributed by atoms with Gasteiger partial charge in [-0.05, 0) is 38.1 Å². The predicted molar refractivity (Wildman–Crippen MR) is 90.9 cm³/mol. The molecule has 0 saturated heterocycles. The quantitative estimate of drug-likeness (QED) is 0.641. The van der Waals surface area contributed by atoms with E-state index in [2.05, 4.69) is 15.4 Å². The summed E-state index contributed by atoms with van der Waals surface area (Å²) < 4.78 is 42.2. The molecule has 9 nitrogen and oxygen atoms in total. The second-order valence-corrected chi connectivity index (χ2v) is 7.63. The van der Waals surface area contributed by atoms with Crippen LogP contribution in [0.3, 0.4) is 0 Å². The van der Waals surface area contributed by atoms with Crippen LogP contribution < -0.4 is 4.74 Å². The molecule has 0 radical (unpaired) electrons. The van der Waals surface area contributed by atoms with Crippen molar-refractivity contribution in [3.63, 3.8) is 0 Å². The zero-order chi connectivity index (χ0) is 18.9. The van der Waals surface area contributed by atoms with Gasteiger partial charge in [0.1, 0.15) is 16.3 Å². The summed E-state index contributed by atoms with van der Waals surface area (Å²) in [6.45, 7) is 3.05. The Morgan fingerprint density at radius 1 is 1.15 bits per heavy atom. The fourth-order valence-corrected chi connectivity index (χ4v) is 3.85. The smallest absolute Gasteiger partial charge is 0.248 e. The number of hydrogen-bond acceptors (Lipinski definition) is 8. The molecule has 0 amide bonds. The maximum absolute atomic E-state index is 12.7. The summed E-state index contributed by atoms with van der Waals surface area (Å²) in [6, 6.07) is 7.10. The predicted octanol–water partition coefficient (Wildman–Crippen LogP) is 2.17. The van der Waals surface area contributed by atoms with Gasteiger partial charge in [-0.1, -0.05) is 5.16 Å². The van der Waals surface area contributed by atoms with Gasteiger partial charge in [-0.15, -0.1) is 10.2 Å². The third-order valence-electron chi connectivity index (χ3n) is 3.80. The molecule has 2 aromatic heterocycles. The Hall–Kier alpha value is -2.72. The highest BCUT2D eigenvalue weighted by Gasteiger charge is 2.29. The van der Waals surface area contributed by atoms with Crippen molar-refractivity contribution in [3.05, 3.63) is 41.6 Å². The van der Waals surface area contributed by atoms with Gasteiger partial charge in [0.2, 0.25) is 21.8 Å². The molecule has 0 N–H and O–H groups in total. The largest absolute Gasteiger partial charge is 0.497 e. The third-order valence-corrected chi connectivity index (χ3v) is 5.85. The molecule has 3 rings (SSSR count). The number of aryl methyl sites for hydroxylation is 2. The Labute approximate surface area is 150 Å². The molecule has 0 atom stereocenters. The maximum atomic E-state index is 12.7. The van der Waals surface area contributed by atoms with Gasteiger partial charge in [0.15, 0.2) is 5.76 Å². The minimum atomic E-state index is -3.79.